The quantitative estimate of drug-likeness (QED) is 0.810. The van der Waals surface area contributed by atoms with Gasteiger partial charge in [-0.25, -0.2) is 0 Å². The third kappa shape index (κ3) is 3.16. The summed E-state index contributed by atoms with van der Waals surface area (Å²) in [6.45, 7) is 8.33. The SMILES string of the molecule is C=C(CC)CNc1ccc2c(c1)OCCCO2. The van der Waals surface area contributed by atoms with Gasteiger partial charge in [-0.2, -0.15) is 0 Å². The Morgan fingerprint density at radius 3 is 2.82 bits per heavy atom. The van der Waals surface area contributed by atoms with Crippen molar-refractivity contribution in [2.24, 2.45) is 0 Å². The van der Waals surface area contributed by atoms with Crippen LogP contribution >= 0.6 is 0 Å². The van der Waals surface area contributed by atoms with Crippen LogP contribution in [-0.2, 0) is 0 Å². The van der Waals surface area contributed by atoms with Crippen molar-refractivity contribution in [3.05, 3.63) is 30.4 Å². The number of fused-ring (bicyclic) bond motifs is 1. The Bertz CT molecular complexity index is 401. The van der Waals surface area contributed by atoms with Crippen LogP contribution in [0, 0.1) is 0 Å². The summed E-state index contributed by atoms with van der Waals surface area (Å²) < 4.78 is 11.2. The molecule has 0 saturated carbocycles. The normalized spacial score (nSPS) is 13.9. The van der Waals surface area contributed by atoms with E-state index in [1.54, 1.807) is 0 Å². The summed E-state index contributed by atoms with van der Waals surface area (Å²) in [4.78, 5) is 0. The number of anilines is 1. The Labute approximate surface area is 102 Å². The molecule has 1 aromatic rings. The monoisotopic (exact) mass is 233 g/mol. The smallest absolute Gasteiger partial charge is 0.163 e. The van der Waals surface area contributed by atoms with Crippen LogP contribution in [0.15, 0.2) is 30.4 Å². The maximum absolute atomic E-state index is 5.63. The molecule has 0 saturated heterocycles. The largest absolute Gasteiger partial charge is 0.490 e. The summed E-state index contributed by atoms with van der Waals surface area (Å²) in [5.41, 5.74) is 2.24. The first-order valence-electron chi connectivity index (χ1n) is 6.09. The van der Waals surface area contributed by atoms with E-state index in [0.717, 1.165) is 49.8 Å². The Hall–Kier alpha value is -1.64. The summed E-state index contributed by atoms with van der Waals surface area (Å²) in [6.07, 6.45) is 1.93. The van der Waals surface area contributed by atoms with Crippen molar-refractivity contribution < 1.29 is 9.47 Å². The molecule has 0 unspecified atom stereocenters. The van der Waals surface area contributed by atoms with Gasteiger partial charge in [0.2, 0.25) is 0 Å². The standard InChI is InChI=1S/C14H19NO2/c1-3-11(2)10-15-12-5-6-13-14(9-12)17-8-4-7-16-13/h5-6,9,15H,2-4,7-8,10H2,1H3. The molecule has 0 aliphatic carbocycles. The van der Waals surface area contributed by atoms with E-state index in [4.69, 9.17) is 9.47 Å². The van der Waals surface area contributed by atoms with Gasteiger partial charge in [0.05, 0.1) is 13.2 Å². The molecule has 0 fully saturated rings. The number of nitrogens with one attached hydrogen (secondary N) is 1. The van der Waals surface area contributed by atoms with Gasteiger partial charge in [-0.3, -0.25) is 0 Å². The summed E-state index contributed by atoms with van der Waals surface area (Å²) in [5.74, 6) is 1.66. The molecule has 3 nitrogen and oxygen atoms in total. The van der Waals surface area contributed by atoms with Crippen molar-refractivity contribution in [1.82, 2.24) is 0 Å². The van der Waals surface area contributed by atoms with Crippen LogP contribution in [0.4, 0.5) is 5.69 Å². The minimum absolute atomic E-state index is 0.720. The van der Waals surface area contributed by atoms with Gasteiger partial charge in [-0.15, -0.1) is 0 Å². The van der Waals surface area contributed by atoms with E-state index in [1.807, 2.05) is 18.2 Å². The lowest BCUT2D eigenvalue weighted by Crippen LogP contribution is -2.03. The van der Waals surface area contributed by atoms with Crippen molar-refractivity contribution >= 4 is 5.69 Å². The molecule has 17 heavy (non-hydrogen) atoms. The zero-order chi connectivity index (χ0) is 12.1. The van der Waals surface area contributed by atoms with Crippen molar-refractivity contribution in [3.8, 4) is 11.5 Å². The van der Waals surface area contributed by atoms with E-state index in [0.29, 0.717) is 0 Å². The lowest BCUT2D eigenvalue weighted by molar-refractivity contribution is 0.297. The first kappa shape index (κ1) is 11.8. The molecule has 2 rings (SSSR count). The highest BCUT2D eigenvalue weighted by Gasteiger charge is 2.10. The molecule has 1 N–H and O–H groups in total. The maximum atomic E-state index is 5.63. The van der Waals surface area contributed by atoms with Crippen molar-refractivity contribution in [3.63, 3.8) is 0 Å². The van der Waals surface area contributed by atoms with E-state index in [2.05, 4.69) is 18.8 Å². The third-order valence-electron chi connectivity index (χ3n) is 2.79. The fourth-order valence-corrected chi connectivity index (χ4v) is 1.63. The number of hydrogen-bond acceptors (Lipinski definition) is 3. The maximum Gasteiger partial charge on any atom is 0.163 e. The molecular formula is C14H19NO2. The molecule has 0 amide bonds. The fourth-order valence-electron chi connectivity index (χ4n) is 1.63. The van der Waals surface area contributed by atoms with E-state index in [-0.39, 0.29) is 0 Å². The number of rotatable bonds is 4. The molecule has 1 aromatic carbocycles. The van der Waals surface area contributed by atoms with Gasteiger partial charge in [-0.05, 0) is 18.6 Å². The van der Waals surface area contributed by atoms with Gasteiger partial charge >= 0.3 is 0 Å². The third-order valence-corrected chi connectivity index (χ3v) is 2.79. The highest BCUT2D eigenvalue weighted by atomic mass is 16.5. The van der Waals surface area contributed by atoms with Crippen LogP contribution < -0.4 is 14.8 Å². The van der Waals surface area contributed by atoms with E-state index >= 15 is 0 Å². The van der Waals surface area contributed by atoms with Gasteiger partial charge in [-0.1, -0.05) is 19.1 Å². The second-order valence-corrected chi connectivity index (χ2v) is 4.17. The van der Waals surface area contributed by atoms with Gasteiger partial charge in [0.1, 0.15) is 0 Å². The first-order valence-corrected chi connectivity index (χ1v) is 6.09. The Kier molecular flexibility index (Phi) is 3.91. The molecule has 1 aliphatic rings. The Morgan fingerprint density at radius 2 is 2.06 bits per heavy atom. The summed E-state index contributed by atoms with van der Waals surface area (Å²) in [6, 6.07) is 5.96. The lowest BCUT2D eigenvalue weighted by atomic mass is 10.2. The van der Waals surface area contributed by atoms with Crippen LogP contribution in [0.2, 0.25) is 0 Å². The van der Waals surface area contributed by atoms with Gasteiger partial charge in [0.15, 0.2) is 11.5 Å². The second-order valence-electron chi connectivity index (χ2n) is 4.17. The lowest BCUT2D eigenvalue weighted by Gasteiger charge is -2.11. The molecule has 1 aliphatic heterocycles. The van der Waals surface area contributed by atoms with Crippen LogP contribution in [0.3, 0.4) is 0 Å². The van der Waals surface area contributed by atoms with Crippen LogP contribution in [0.5, 0.6) is 11.5 Å². The molecule has 0 bridgehead atoms. The average molecular weight is 233 g/mol. The van der Waals surface area contributed by atoms with Gasteiger partial charge in [0, 0.05) is 24.7 Å². The molecule has 0 spiro atoms. The van der Waals surface area contributed by atoms with Crippen molar-refractivity contribution in [2.45, 2.75) is 19.8 Å². The molecule has 1 heterocycles. The highest BCUT2D eigenvalue weighted by molar-refractivity contribution is 5.55. The summed E-state index contributed by atoms with van der Waals surface area (Å²) in [5, 5.41) is 3.33. The molecule has 92 valence electrons. The summed E-state index contributed by atoms with van der Waals surface area (Å²) >= 11 is 0. The average Bonchev–Trinajstić information content (AvgIpc) is 2.60. The minimum atomic E-state index is 0.720. The van der Waals surface area contributed by atoms with Gasteiger partial charge in [0.25, 0.3) is 0 Å². The topological polar surface area (TPSA) is 30.5 Å². The van der Waals surface area contributed by atoms with Crippen LogP contribution in [0.25, 0.3) is 0 Å². The molecular weight excluding hydrogens is 214 g/mol. The number of benzene rings is 1. The van der Waals surface area contributed by atoms with E-state index in [1.165, 1.54) is 5.57 Å². The molecule has 0 atom stereocenters. The fraction of sp³-hybridized carbons (Fsp3) is 0.429. The molecule has 0 aromatic heterocycles. The predicted molar refractivity (Wildman–Crippen MR) is 70.0 cm³/mol. The number of hydrogen-bond donors (Lipinski definition) is 1. The Balaban J connectivity index is 2.04. The van der Waals surface area contributed by atoms with Crippen LogP contribution in [-0.4, -0.2) is 19.8 Å². The molecule has 3 heteroatoms. The molecule has 0 radical (unpaired) electrons. The zero-order valence-corrected chi connectivity index (χ0v) is 10.3. The van der Waals surface area contributed by atoms with Crippen molar-refractivity contribution in [1.29, 1.82) is 0 Å². The van der Waals surface area contributed by atoms with Gasteiger partial charge < -0.3 is 14.8 Å². The van der Waals surface area contributed by atoms with E-state index in [9.17, 15) is 0 Å². The van der Waals surface area contributed by atoms with Crippen LogP contribution in [0.1, 0.15) is 19.8 Å². The van der Waals surface area contributed by atoms with E-state index < -0.39 is 0 Å². The summed E-state index contributed by atoms with van der Waals surface area (Å²) in [7, 11) is 0. The minimum Gasteiger partial charge on any atom is -0.490 e. The second kappa shape index (κ2) is 5.62. The zero-order valence-electron chi connectivity index (χ0n) is 10.3. The van der Waals surface area contributed by atoms with Crippen molar-refractivity contribution in [2.75, 3.05) is 25.1 Å². The highest BCUT2D eigenvalue weighted by Crippen LogP contribution is 2.32. The number of ether oxygens (including phenoxy) is 2. The first-order chi connectivity index (χ1) is 8.29. The predicted octanol–water partition coefficient (Wildman–Crippen LogP) is 3.23. The Morgan fingerprint density at radius 1 is 1.29 bits per heavy atom.